The fourth-order valence-electron chi connectivity index (χ4n) is 3.66. The molecule has 2 aliphatic rings. The van der Waals surface area contributed by atoms with Crippen LogP contribution in [-0.2, 0) is 4.79 Å². The van der Waals surface area contributed by atoms with Gasteiger partial charge in [0, 0.05) is 32.1 Å². The summed E-state index contributed by atoms with van der Waals surface area (Å²) in [7, 11) is 0. The number of piperazine rings is 1. The molecule has 2 aromatic heterocycles. The minimum Gasteiger partial charge on any atom is -0.338 e. The summed E-state index contributed by atoms with van der Waals surface area (Å²) in [6.07, 6.45) is 2.28. The molecule has 2 amide bonds. The van der Waals surface area contributed by atoms with Crippen LogP contribution >= 0.6 is 23.1 Å². The van der Waals surface area contributed by atoms with Crippen LogP contribution in [0.2, 0.25) is 0 Å². The zero-order valence-corrected chi connectivity index (χ0v) is 18.6. The van der Waals surface area contributed by atoms with Crippen molar-refractivity contribution in [3.05, 3.63) is 58.5 Å². The molecule has 2 fully saturated rings. The van der Waals surface area contributed by atoms with Gasteiger partial charge in [-0.3, -0.25) is 9.59 Å². The van der Waals surface area contributed by atoms with Crippen LogP contribution in [0.3, 0.4) is 0 Å². The molecule has 160 valence electrons. The third kappa shape index (κ3) is 4.52. The second-order valence-electron chi connectivity index (χ2n) is 7.71. The Bertz CT molecular complexity index is 1060. The average Bonchev–Trinajstić information content (AvgIpc) is 3.34. The molecule has 1 saturated heterocycles. The van der Waals surface area contributed by atoms with Gasteiger partial charge in [0.25, 0.3) is 5.91 Å². The monoisotopic (exact) mass is 453 g/mol. The smallest absolute Gasteiger partial charge is 0.264 e. The molecule has 0 spiro atoms. The standard InChI is InChI=1S/C22H23N5O2S2/c28-19(25-10-12-26(13-11-25)21(29)18-7-4-14-30-18)15-31-22-23-20(16-8-9-16)27(24-22)17-5-2-1-3-6-17/h1-7,14,16H,8-13,15H2. The number of nitrogens with zero attached hydrogens (tertiary/aromatic N) is 5. The number of carbonyl (C=O) groups is 2. The summed E-state index contributed by atoms with van der Waals surface area (Å²) >= 11 is 2.84. The van der Waals surface area contributed by atoms with E-state index in [2.05, 4.69) is 5.10 Å². The topological polar surface area (TPSA) is 71.3 Å². The molecule has 0 radical (unpaired) electrons. The van der Waals surface area contributed by atoms with Crippen molar-refractivity contribution in [2.24, 2.45) is 0 Å². The Morgan fingerprint density at radius 3 is 2.42 bits per heavy atom. The van der Waals surface area contributed by atoms with Crippen LogP contribution in [0.15, 0.2) is 53.0 Å². The molecule has 1 saturated carbocycles. The molecule has 1 aromatic carbocycles. The molecular weight excluding hydrogens is 430 g/mol. The number of hydrogen-bond donors (Lipinski definition) is 0. The van der Waals surface area contributed by atoms with Crippen LogP contribution < -0.4 is 0 Å². The fourth-order valence-corrected chi connectivity index (χ4v) is 5.09. The SMILES string of the molecule is O=C(CSc1nc(C2CC2)n(-c2ccccc2)n1)N1CCN(C(=O)c2cccs2)CC1. The molecule has 9 heteroatoms. The van der Waals surface area contributed by atoms with Crippen molar-refractivity contribution in [1.82, 2.24) is 24.6 Å². The predicted molar refractivity (Wildman–Crippen MR) is 121 cm³/mol. The molecule has 0 atom stereocenters. The van der Waals surface area contributed by atoms with Gasteiger partial charge in [-0.2, -0.15) is 0 Å². The first-order chi connectivity index (χ1) is 15.2. The predicted octanol–water partition coefficient (Wildman–Crippen LogP) is 3.28. The van der Waals surface area contributed by atoms with Crippen LogP contribution in [0.1, 0.15) is 34.3 Å². The number of aromatic nitrogens is 3. The number of thioether (sulfide) groups is 1. The van der Waals surface area contributed by atoms with E-state index in [0.29, 0.717) is 43.0 Å². The Hall–Kier alpha value is -2.65. The highest BCUT2D eigenvalue weighted by atomic mass is 32.2. The van der Waals surface area contributed by atoms with Crippen LogP contribution in [0, 0.1) is 0 Å². The van der Waals surface area contributed by atoms with Gasteiger partial charge in [0.15, 0.2) is 0 Å². The number of amides is 2. The summed E-state index contributed by atoms with van der Waals surface area (Å²) in [4.78, 5) is 34.3. The number of benzene rings is 1. The number of thiophene rings is 1. The average molecular weight is 454 g/mol. The molecule has 0 bridgehead atoms. The summed E-state index contributed by atoms with van der Waals surface area (Å²) in [6, 6.07) is 13.8. The summed E-state index contributed by atoms with van der Waals surface area (Å²) in [6.45, 7) is 2.27. The van der Waals surface area contributed by atoms with Crippen molar-refractivity contribution in [2.45, 2.75) is 23.9 Å². The van der Waals surface area contributed by atoms with Crippen molar-refractivity contribution in [3.8, 4) is 5.69 Å². The fraction of sp³-hybridized carbons (Fsp3) is 0.364. The molecule has 1 aliphatic heterocycles. The first-order valence-corrected chi connectivity index (χ1v) is 12.3. The van der Waals surface area contributed by atoms with Gasteiger partial charge in [-0.15, -0.1) is 16.4 Å². The summed E-state index contributed by atoms with van der Waals surface area (Å²) in [5.74, 6) is 1.88. The van der Waals surface area contributed by atoms with E-state index in [1.54, 1.807) is 0 Å². The first-order valence-electron chi connectivity index (χ1n) is 10.4. The van der Waals surface area contributed by atoms with E-state index < -0.39 is 0 Å². The molecule has 0 unspecified atom stereocenters. The van der Waals surface area contributed by atoms with E-state index in [0.717, 1.165) is 29.2 Å². The van der Waals surface area contributed by atoms with Crippen molar-refractivity contribution in [3.63, 3.8) is 0 Å². The Morgan fingerprint density at radius 2 is 1.74 bits per heavy atom. The van der Waals surface area contributed by atoms with Crippen molar-refractivity contribution >= 4 is 34.9 Å². The van der Waals surface area contributed by atoms with E-state index >= 15 is 0 Å². The molecular formula is C22H23N5O2S2. The van der Waals surface area contributed by atoms with Crippen LogP contribution in [0.4, 0.5) is 0 Å². The van der Waals surface area contributed by atoms with Crippen molar-refractivity contribution in [1.29, 1.82) is 0 Å². The lowest BCUT2D eigenvalue weighted by molar-refractivity contribution is -0.129. The zero-order chi connectivity index (χ0) is 21.2. The van der Waals surface area contributed by atoms with Gasteiger partial charge < -0.3 is 9.80 Å². The van der Waals surface area contributed by atoms with Crippen LogP contribution in [0.25, 0.3) is 5.69 Å². The summed E-state index contributed by atoms with van der Waals surface area (Å²) in [5, 5.41) is 7.22. The summed E-state index contributed by atoms with van der Waals surface area (Å²) < 4.78 is 1.92. The maximum atomic E-state index is 12.7. The second-order valence-corrected chi connectivity index (χ2v) is 9.60. The third-order valence-electron chi connectivity index (χ3n) is 5.53. The molecule has 0 N–H and O–H groups in total. The van der Waals surface area contributed by atoms with Gasteiger partial charge in [-0.05, 0) is 36.4 Å². The Balaban J connectivity index is 1.17. The van der Waals surface area contributed by atoms with Gasteiger partial charge in [-0.1, -0.05) is 36.0 Å². The van der Waals surface area contributed by atoms with E-state index in [9.17, 15) is 9.59 Å². The minimum atomic E-state index is 0.0553. The number of rotatable bonds is 6. The first kappa shape index (κ1) is 20.3. The van der Waals surface area contributed by atoms with E-state index in [1.807, 2.05) is 62.3 Å². The molecule has 7 nitrogen and oxygen atoms in total. The summed E-state index contributed by atoms with van der Waals surface area (Å²) in [5.41, 5.74) is 1.00. The Labute approximate surface area is 189 Å². The second kappa shape index (κ2) is 8.84. The normalized spacial score (nSPS) is 16.5. The number of hydrogen-bond acceptors (Lipinski definition) is 6. The van der Waals surface area contributed by atoms with Gasteiger partial charge in [0.05, 0.1) is 16.3 Å². The maximum Gasteiger partial charge on any atom is 0.264 e. The Morgan fingerprint density at radius 1 is 1.00 bits per heavy atom. The van der Waals surface area contributed by atoms with E-state index in [4.69, 9.17) is 4.98 Å². The van der Waals surface area contributed by atoms with Gasteiger partial charge in [-0.25, -0.2) is 9.67 Å². The quantitative estimate of drug-likeness (QED) is 0.536. The van der Waals surface area contributed by atoms with Crippen LogP contribution in [-0.4, -0.2) is 68.3 Å². The molecule has 3 heterocycles. The van der Waals surface area contributed by atoms with Crippen molar-refractivity contribution < 1.29 is 9.59 Å². The Kier molecular flexibility index (Phi) is 5.78. The lowest BCUT2D eigenvalue weighted by Gasteiger charge is -2.34. The van der Waals surface area contributed by atoms with Gasteiger partial charge in [0.2, 0.25) is 11.1 Å². The zero-order valence-electron chi connectivity index (χ0n) is 17.0. The third-order valence-corrected chi connectivity index (χ3v) is 7.21. The number of para-hydroxylation sites is 1. The highest BCUT2D eigenvalue weighted by molar-refractivity contribution is 7.99. The largest absolute Gasteiger partial charge is 0.338 e. The van der Waals surface area contributed by atoms with E-state index in [1.165, 1.54) is 23.1 Å². The minimum absolute atomic E-state index is 0.0553. The molecule has 5 rings (SSSR count). The van der Waals surface area contributed by atoms with Crippen molar-refractivity contribution in [2.75, 3.05) is 31.9 Å². The van der Waals surface area contributed by atoms with Gasteiger partial charge >= 0.3 is 0 Å². The highest BCUT2D eigenvalue weighted by Crippen LogP contribution is 2.40. The molecule has 31 heavy (non-hydrogen) atoms. The van der Waals surface area contributed by atoms with E-state index in [-0.39, 0.29) is 11.8 Å². The molecule has 3 aromatic rings. The maximum absolute atomic E-state index is 12.7. The van der Waals surface area contributed by atoms with Gasteiger partial charge in [0.1, 0.15) is 5.82 Å². The van der Waals surface area contributed by atoms with Crippen LogP contribution in [0.5, 0.6) is 0 Å². The highest BCUT2D eigenvalue weighted by Gasteiger charge is 2.31. The molecule has 1 aliphatic carbocycles. The lowest BCUT2D eigenvalue weighted by atomic mass is 10.3. The number of carbonyl (C=O) groups excluding carboxylic acids is 2. The lowest BCUT2D eigenvalue weighted by Crippen LogP contribution is -2.51.